The molecule has 0 unspecified atom stereocenters. The van der Waals surface area contributed by atoms with Crippen LogP contribution in [0.3, 0.4) is 0 Å². The Morgan fingerprint density at radius 3 is 2.47 bits per heavy atom. The predicted octanol–water partition coefficient (Wildman–Crippen LogP) is 4.14. The van der Waals surface area contributed by atoms with Crippen molar-refractivity contribution in [3.8, 4) is 0 Å². The van der Waals surface area contributed by atoms with E-state index in [-0.39, 0.29) is 5.54 Å². The molecule has 0 fully saturated rings. The van der Waals surface area contributed by atoms with Gasteiger partial charge in [-0.3, -0.25) is 0 Å². The first-order valence-electron chi connectivity index (χ1n) is 5.41. The third kappa shape index (κ3) is 3.20. The molecule has 84 valence electrons. The fourth-order valence-electron chi connectivity index (χ4n) is 1.34. The first kappa shape index (κ1) is 12.5. The van der Waals surface area contributed by atoms with E-state index >= 15 is 0 Å². The van der Waals surface area contributed by atoms with Crippen LogP contribution >= 0.6 is 15.9 Å². The highest BCUT2D eigenvalue weighted by Gasteiger charge is 2.19. The van der Waals surface area contributed by atoms with Gasteiger partial charge in [-0.2, -0.15) is 0 Å². The van der Waals surface area contributed by atoms with E-state index in [1.54, 1.807) is 0 Å². The maximum absolute atomic E-state index is 4.36. The number of pyridine rings is 1. The molecule has 1 aromatic rings. The Bertz CT molecular complexity index is 332. The van der Waals surface area contributed by atoms with Gasteiger partial charge in [0.15, 0.2) is 0 Å². The van der Waals surface area contributed by atoms with E-state index in [1.165, 1.54) is 5.56 Å². The van der Waals surface area contributed by atoms with Crippen molar-refractivity contribution in [2.75, 3.05) is 5.32 Å². The van der Waals surface area contributed by atoms with Crippen molar-refractivity contribution < 1.29 is 0 Å². The van der Waals surface area contributed by atoms with Crippen LogP contribution < -0.4 is 5.32 Å². The molecule has 1 N–H and O–H groups in total. The fourth-order valence-corrected chi connectivity index (χ4v) is 1.56. The zero-order chi connectivity index (χ0) is 11.5. The molecule has 0 saturated carbocycles. The van der Waals surface area contributed by atoms with Gasteiger partial charge >= 0.3 is 0 Å². The molecular weight excluding hydrogens is 252 g/mol. The quantitative estimate of drug-likeness (QED) is 0.890. The standard InChI is InChI=1S/C12H19BrN2/c1-5-12(4,6-2)15-11-7-9(3)10(13)8-14-11/h7-8H,5-6H2,1-4H3,(H,14,15). The molecule has 0 radical (unpaired) electrons. The van der Waals surface area contributed by atoms with E-state index in [9.17, 15) is 0 Å². The van der Waals surface area contributed by atoms with E-state index in [0.717, 1.165) is 23.1 Å². The third-order valence-electron chi connectivity index (χ3n) is 3.04. The summed E-state index contributed by atoms with van der Waals surface area (Å²) in [5, 5.41) is 3.49. The fraction of sp³-hybridized carbons (Fsp3) is 0.583. The van der Waals surface area contributed by atoms with Gasteiger partial charge in [0, 0.05) is 16.2 Å². The lowest BCUT2D eigenvalue weighted by Crippen LogP contribution is -2.33. The summed E-state index contributed by atoms with van der Waals surface area (Å²) < 4.78 is 1.06. The highest BCUT2D eigenvalue weighted by Crippen LogP contribution is 2.23. The highest BCUT2D eigenvalue weighted by molar-refractivity contribution is 9.10. The smallest absolute Gasteiger partial charge is 0.126 e. The second-order valence-electron chi connectivity index (χ2n) is 4.21. The van der Waals surface area contributed by atoms with E-state index in [4.69, 9.17) is 0 Å². The summed E-state index contributed by atoms with van der Waals surface area (Å²) in [6, 6.07) is 2.08. The van der Waals surface area contributed by atoms with Gasteiger partial charge in [0.2, 0.25) is 0 Å². The Balaban J connectivity index is 2.85. The molecule has 0 aromatic carbocycles. The van der Waals surface area contributed by atoms with Crippen LogP contribution in [-0.4, -0.2) is 10.5 Å². The van der Waals surface area contributed by atoms with Crippen molar-refractivity contribution in [1.29, 1.82) is 0 Å². The monoisotopic (exact) mass is 270 g/mol. The summed E-state index contributed by atoms with van der Waals surface area (Å²) in [6.07, 6.45) is 4.05. The highest BCUT2D eigenvalue weighted by atomic mass is 79.9. The minimum atomic E-state index is 0.146. The SMILES string of the molecule is CCC(C)(CC)Nc1cc(C)c(Br)cn1. The zero-order valence-corrected chi connectivity index (χ0v) is 11.5. The average molecular weight is 271 g/mol. The van der Waals surface area contributed by atoms with Crippen LogP contribution in [0.25, 0.3) is 0 Å². The van der Waals surface area contributed by atoms with Crippen molar-refractivity contribution in [3.05, 3.63) is 22.3 Å². The Hall–Kier alpha value is -0.570. The van der Waals surface area contributed by atoms with Gasteiger partial charge in [0.25, 0.3) is 0 Å². The van der Waals surface area contributed by atoms with Crippen LogP contribution in [0.15, 0.2) is 16.7 Å². The number of hydrogen-bond donors (Lipinski definition) is 1. The van der Waals surface area contributed by atoms with Gasteiger partial charge < -0.3 is 5.32 Å². The van der Waals surface area contributed by atoms with Gasteiger partial charge in [-0.05, 0) is 54.2 Å². The number of aryl methyl sites for hydroxylation is 1. The Labute approximate surface area is 101 Å². The summed E-state index contributed by atoms with van der Waals surface area (Å²) in [5.74, 6) is 0.960. The van der Waals surface area contributed by atoms with Gasteiger partial charge in [0.1, 0.15) is 5.82 Å². The van der Waals surface area contributed by atoms with Gasteiger partial charge in [0.05, 0.1) is 0 Å². The molecule has 1 heterocycles. The molecule has 0 atom stereocenters. The van der Waals surface area contributed by atoms with E-state index in [1.807, 2.05) is 6.20 Å². The largest absolute Gasteiger partial charge is 0.365 e. The minimum absolute atomic E-state index is 0.146. The molecular formula is C12H19BrN2. The molecule has 0 saturated heterocycles. The average Bonchev–Trinajstić information content (AvgIpc) is 2.23. The van der Waals surface area contributed by atoms with Gasteiger partial charge in [-0.1, -0.05) is 13.8 Å². The van der Waals surface area contributed by atoms with Crippen molar-refractivity contribution in [2.24, 2.45) is 0 Å². The maximum atomic E-state index is 4.36. The number of halogens is 1. The summed E-state index contributed by atoms with van der Waals surface area (Å²) in [7, 11) is 0. The number of hydrogen-bond acceptors (Lipinski definition) is 2. The van der Waals surface area contributed by atoms with Crippen molar-refractivity contribution in [1.82, 2.24) is 4.98 Å². The summed E-state index contributed by atoms with van der Waals surface area (Å²) in [5.41, 5.74) is 1.36. The number of rotatable bonds is 4. The van der Waals surface area contributed by atoms with Crippen molar-refractivity contribution >= 4 is 21.7 Å². The maximum Gasteiger partial charge on any atom is 0.126 e. The molecule has 0 spiro atoms. The van der Waals surface area contributed by atoms with E-state index < -0.39 is 0 Å². The van der Waals surface area contributed by atoms with Crippen molar-refractivity contribution in [3.63, 3.8) is 0 Å². The first-order chi connectivity index (χ1) is 7.00. The third-order valence-corrected chi connectivity index (χ3v) is 3.87. The van der Waals surface area contributed by atoms with Crippen LogP contribution in [0.2, 0.25) is 0 Å². The lowest BCUT2D eigenvalue weighted by Gasteiger charge is -2.29. The van der Waals surface area contributed by atoms with Crippen LogP contribution in [-0.2, 0) is 0 Å². The molecule has 1 aromatic heterocycles. The van der Waals surface area contributed by atoms with Crippen molar-refractivity contribution in [2.45, 2.75) is 46.1 Å². The topological polar surface area (TPSA) is 24.9 Å². The molecule has 0 amide bonds. The van der Waals surface area contributed by atoms with E-state index in [0.29, 0.717) is 0 Å². The minimum Gasteiger partial charge on any atom is -0.365 e. The Morgan fingerprint density at radius 2 is 2.00 bits per heavy atom. The molecule has 3 heteroatoms. The second kappa shape index (κ2) is 4.97. The van der Waals surface area contributed by atoms with Crippen LogP contribution in [0.4, 0.5) is 5.82 Å². The molecule has 1 rings (SSSR count). The number of aromatic nitrogens is 1. The lowest BCUT2D eigenvalue weighted by atomic mass is 9.95. The second-order valence-corrected chi connectivity index (χ2v) is 5.07. The first-order valence-corrected chi connectivity index (χ1v) is 6.20. The normalized spacial score (nSPS) is 11.5. The molecule has 15 heavy (non-hydrogen) atoms. The summed E-state index contributed by atoms with van der Waals surface area (Å²) in [6.45, 7) is 8.70. The van der Waals surface area contributed by atoms with Crippen LogP contribution in [0.5, 0.6) is 0 Å². The van der Waals surface area contributed by atoms with Gasteiger partial charge in [-0.15, -0.1) is 0 Å². The molecule has 0 aliphatic rings. The zero-order valence-electron chi connectivity index (χ0n) is 9.89. The molecule has 0 bridgehead atoms. The van der Waals surface area contributed by atoms with Gasteiger partial charge in [-0.25, -0.2) is 4.98 Å². The number of nitrogens with one attached hydrogen (secondary N) is 1. The molecule has 2 nitrogen and oxygen atoms in total. The molecule has 0 aliphatic carbocycles. The predicted molar refractivity (Wildman–Crippen MR) is 69.3 cm³/mol. The Kier molecular flexibility index (Phi) is 4.14. The Morgan fingerprint density at radius 1 is 1.40 bits per heavy atom. The van der Waals surface area contributed by atoms with Crippen LogP contribution in [0, 0.1) is 6.92 Å². The lowest BCUT2D eigenvalue weighted by molar-refractivity contribution is 0.476. The summed E-state index contributed by atoms with van der Waals surface area (Å²) >= 11 is 3.45. The number of nitrogens with zero attached hydrogens (tertiary/aromatic N) is 1. The van der Waals surface area contributed by atoms with Crippen LogP contribution in [0.1, 0.15) is 39.2 Å². The molecule has 0 aliphatic heterocycles. The summed E-state index contributed by atoms with van der Waals surface area (Å²) in [4.78, 5) is 4.36. The number of anilines is 1. The van der Waals surface area contributed by atoms with E-state index in [2.05, 4.69) is 60.0 Å².